The molecule has 164 valence electrons. The Balaban J connectivity index is 1.93. The predicted octanol–water partition coefficient (Wildman–Crippen LogP) is 9.17. The molecule has 0 amide bonds. The van der Waals surface area contributed by atoms with Crippen molar-refractivity contribution in [3.63, 3.8) is 0 Å². The second kappa shape index (κ2) is 8.15. The Morgan fingerprint density at radius 2 is 0.735 bits per heavy atom. The van der Waals surface area contributed by atoms with Gasteiger partial charge in [-0.25, -0.2) is 0 Å². The molecule has 2 nitrogen and oxygen atoms in total. The maximum atomic E-state index is 6.98. The van der Waals surface area contributed by atoms with Crippen LogP contribution in [0.25, 0.3) is 54.6 Å². The minimum Gasteiger partial charge on any atom is -0.398 e. The Kier molecular flexibility index (Phi) is 5.09. The molecule has 4 heteroatoms. The van der Waals surface area contributed by atoms with Gasteiger partial charge in [-0.05, 0) is 57.3 Å². The Morgan fingerprint density at radius 3 is 1.09 bits per heavy atom. The van der Waals surface area contributed by atoms with Gasteiger partial charge in [-0.15, -0.1) is 0 Å². The number of fused-ring (bicyclic) bond motifs is 3. The van der Waals surface area contributed by atoms with Crippen molar-refractivity contribution in [3.05, 3.63) is 106 Å². The van der Waals surface area contributed by atoms with Gasteiger partial charge >= 0.3 is 0 Å². The first-order valence-corrected chi connectivity index (χ1v) is 12.6. The molecule has 6 aromatic rings. The lowest BCUT2D eigenvalue weighted by atomic mass is 9.83. The van der Waals surface area contributed by atoms with Gasteiger partial charge in [0.05, 0.1) is 0 Å². The summed E-state index contributed by atoms with van der Waals surface area (Å²) in [7, 11) is 0. The number of anilines is 2. The first kappa shape index (κ1) is 21.2. The van der Waals surface area contributed by atoms with Crippen molar-refractivity contribution >= 4 is 75.6 Å². The predicted molar refractivity (Wildman–Crippen MR) is 154 cm³/mol. The minimum absolute atomic E-state index is 0.752. The molecule has 0 heterocycles. The fourth-order valence-electron chi connectivity index (χ4n) is 5.03. The van der Waals surface area contributed by atoms with Crippen LogP contribution in [-0.4, -0.2) is 0 Å². The maximum Gasteiger partial charge on any atom is 0.0481 e. The van der Waals surface area contributed by atoms with Crippen LogP contribution in [0.2, 0.25) is 0 Å². The summed E-state index contributed by atoms with van der Waals surface area (Å²) < 4.78 is 2.07. The molecule has 0 bridgehead atoms. The minimum atomic E-state index is 0.752. The van der Waals surface area contributed by atoms with E-state index in [4.69, 9.17) is 11.5 Å². The van der Waals surface area contributed by atoms with Crippen LogP contribution in [-0.2, 0) is 0 Å². The summed E-state index contributed by atoms with van der Waals surface area (Å²) >= 11 is 7.15. The molecule has 0 unspecified atom stereocenters. The molecule has 6 aromatic carbocycles. The molecule has 0 radical (unpaired) electrons. The molecule has 0 aliphatic rings. The average Bonchev–Trinajstić information content (AvgIpc) is 2.87. The Morgan fingerprint density at radius 1 is 0.412 bits per heavy atom. The molecule has 0 aromatic heterocycles. The van der Waals surface area contributed by atoms with Crippen molar-refractivity contribution in [2.45, 2.75) is 0 Å². The highest BCUT2D eigenvalue weighted by atomic mass is 79.9. The molecule has 34 heavy (non-hydrogen) atoms. The van der Waals surface area contributed by atoms with Crippen LogP contribution in [0.15, 0.2) is 106 Å². The quantitative estimate of drug-likeness (QED) is 0.162. The maximum absolute atomic E-state index is 6.98. The zero-order chi connectivity index (χ0) is 23.4. The fourth-order valence-corrected chi connectivity index (χ4v) is 5.56. The summed E-state index contributed by atoms with van der Waals surface area (Å²) in [4.78, 5) is 0. The monoisotopic (exact) mass is 566 g/mol. The van der Waals surface area contributed by atoms with E-state index in [1.807, 2.05) is 12.1 Å². The topological polar surface area (TPSA) is 52.0 Å². The number of halogens is 2. The SMILES string of the molecule is Nc1c2ccccc2c(-c2ccc(Br)cc2)c2c(N)c3ccccc3c(-c3ccc(Br)cc3)c12. The Labute approximate surface area is 214 Å². The zero-order valence-electron chi connectivity index (χ0n) is 18.1. The van der Waals surface area contributed by atoms with E-state index >= 15 is 0 Å². The van der Waals surface area contributed by atoms with E-state index in [-0.39, 0.29) is 0 Å². The summed E-state index contributed by atoms with van der Waals surface area (Å²) in [6.45, 7) is 0. The molecule has 0 atom stereocenters. The summed E-state index contributed by atoms with van der Waals surface area (Å²) in [5, 5.41) is 6.24. The highest BCUT2D eigenvalue weighted by Crippen LogP contribution is 2.50. The molecule has 6 rings (SSSR count). The van der Waals surface area contributed by atoms with Gasteiger partial charge in [0.25, 0.3) is 0 Å². The first-order valence-electron chi connectivity index (χ1n) is 11.0. The lowest BCUT2D eigenvalue weighted by Crippen LogP contribution is -2.00. The van der Waals surface area contributed by atoms with Crippen LogP contribution in [0.4, 0.5) is 11.4 Å². The normalized spacial score (nSPS) is 11.5. The number of benzene rings is 6. The highest BCUT2D eigenvalue weighted by Gasteiger charge is 2.22. The van der Waals surface area contributed by atoms with E-state index in [0.717, 1.165) is 74.9 Å². The third kappa shape index (κ3) is 3.21. The molecule has 0 saturated heterocycles. The first-order chi connectivity index (χ1) is 16.5. The molecule has 0 aliphatic carbocycles. The lowest BCUT2D eigenvalue weighted by Gasteiger charge is -2.22. The largest absolute Gasteiger partial charge is 0.398 e. The summed E-state index contributed by atoms with van der Waals surface area (Å²) in [5.74, 6) is 0. The van der Waals surface area contributed by atoms with Crippen molar-refractivity contribution in [1.82, 2.24) is 0 Å². The van der Waals surface area contributed by atoms with E-state index in [9.17, 15) is 0 Å². The molecule has 0 fully saturated rings. The highest BCUT2D eigenvalue weighted by molar-refractivity contribution is 9.10. The van der Waals surface area contributed by atoms with Gasteiger partial charge in [-0.1, -0.05) is 105 Å². The van der Waals surface area contributed by atoms with Crippen molar-refractivity contribution in [1.29, 1.82) is 0 Å². The third-order valence-electron chi connectivity index (χ3n) is 6.53. The van der Waals surface area contributed by atoms with Crippen molar-refractivity contribution in [2.75, 3.05) is 11.5 Å². The van der Waals surface area contributed by atoms with Gasteiger partial charge in [0.15, 0.2) is 0 Å². The van der Waals surface area contributed by atoms with Crippen LogP contribution < -0.4 is 11.5 Å². The van der Waals surface area contributed by atoms with Crippen molar-refractivity contribution in [2.24, 2.45) is 0 Å². The average molecular weight is 568 g/mol. The van der Waals surface area contributed by atoms with Gasteiger partial charge in [-0.3, -0.25) is 0 Å². The summed E-state index contributed by atoms with van der Waals surface area (Å²) in [5.41, 5.74) is 19.9. The number of hydrogen-bond acceptors (Lipinski definition) is 2. The van der Waals surface area contributed by atoms with Crippen LogP contribution >= 0.6 is 31.9 Å². The van der Waals surface area contributed by atoms with Gasteiger partial charge in [0.1, 0.15) is 0 Å². The summed E-state index contributed by atoms with van der Waals surface area (Å²) in [6.07, 6.45) is 0. The van der Waals surface area contributed by atoms with Crippen LogP contribution in [0.5, 0.6) is 0 Å². The number of rotatable bonds is 2. The van der Waals surface area contributed by atoms with Crippen LogP contribution in [0, 0.1) is 0 Å². The Bertz CT molecular complexity index is 1590. The molecule has 0 aliphatic heterocycles. The lowest BCUT2D eigenvalue weighted by molar-refractivity contribution is 1.62. The number of nitrogens with two attached hydrogens (primary N) is 2. The van der Waals surface area contributed by atoms with Crippen LogP contribution in [0.1, 0.15) is 0 Å². The number of nitrogen functional groups attached to an aromatic ring is 2. The molecular formula is C30H20Br2N2. The van der Waals surface area contributed by atoms with E-state index in [1.165, 1.54) is 0 Å². The van der Waals surface area contributed by atoms with E-state index < -0.39 is 0 Å². The molecular weight excluding hydrogens is 548 g/mol. The van der Waals surface area contributed by atoms with Gasteiger partial charge in [0, 0.05) is 41.9 Å². The Hall–Kier alpha value is -3.34. The smallest absolute Gasteiger partial charge is 0.0481 e. The van der Waals surface area contributed by atoms with E-state index in [2.05, 4.69) is 117 Å². The van der Waals surface area contributed by atoms with Gasteiger partial charge in [-0.2, -0.15) is 0 Å². The molecule has 0 spiro atoms. The van der Waals surface area contributed by atoms with E-state index in [0.29, 0.717) is 0 Å². The van der Waals surface area contributed by atoms with E-state index in [1.54, 1.807) is 0 Å². The van der Waals surface area contributed by atoms with Crippen LogP contribution in [0.3, 0.4) is 0 Å². The zero-order valence-corrected chi connectivity index (χ0v) is 21.3. The van der Waals surface area contributed by atoms with Crippen molar-refractivity contribution < 1.29 is 0 Å². The van der Waals surface area contributed by atoms with Gasteiger partial charge in [0.2, 0.25) is 0 Å². The summed E-state index contributed by atoms with van der Waals surface area (Å²) in [6, 6.07) is 33.5. The van der Waals surface area contributed by atoms with Gasteiger partial charge < -0.3 is 11.5 Å². The fraction of sp³-hybridized carbons (Fsp3) is 0. The third-order valence-corrected chi connectivity index (χ3v) is 7.58. The second-order valence-corrected chi connectivity index (χ2v) is 10.3. The molecule has 4 N–H and O–H groups in total. The standard InChI is InChI=1S/C30H20Br2N2/c31-19-13-9-17(10-14-19)25-21-5-1-3-7-23(21)29(33)28-26(18-11-15-20(32)16-12-18)22-6-2-4-8-24(22)30(34)27(25)28/h1-16H,33-34H2. The molecule has 0 saturated carbocycles. The number of hydrogen-bond donors (Lipinski definition) is 2. The second-order valence-electron chi connectivity index (χ2n) is 8.43. The van der Waals surface area contributed by atoms with Crippen molar-refractivity contribution in [3.8, 4) is 22.3 Å².